The lowest BCUT2D eigenvalue weighted by atomic mass is 10.2. The molecule has 1 aromatic heterocycles. The van der Waals surface area contributed by atoms with Crippen molar-refractivity contribution in [3.05, 3.63) is 30.6 Å². The van der Waals surface area contributed by atoms with Crippen molar-refractivity contribution in [2.45, 2.75) is 30.2 Å². The number of fused-ring (bicyclic) bond motifs is 1. The number of benzene rings is 1. The van der Waals surface area contributed by atoms with Crippen molar-refractivity contribution in [2.24, 2.45) is 0 Å². The van der Waals surface area contributed by atoms with Crippen LogP contribution < -0.4 is 0 Å². The zero-order valence-electron chi connectivity index (χ0n) is 9.29. The number of rotatable bonds is 3. The van der Waals surface area contributed by atoms with Crippen molar-refractivity contribution >= 4 is 22.7 Å². The van der Waals surface area contributed by atoms with Crippen LogP contribution in [0.15, 0.2) is 35.6 Å². The summed E-state index contributed by atoms with van der Waals surface area (Å²) < 4.78 is 0. The Morgan fingerprint density at radius 2 is 1.94 bits per heavy atom. The molecule has 2 unspecified atom stereocenters. The Balaban J connectivity index is 2.37. The summed E-state index contributed by atoms with van der Waals surface area (Å²) in [5.41, 5.74) is 0.942. The molecular weight excluding hydrogens is 220 g/mol. The Labute approximate surface area is 98.9 Å². The van der Waals surface area contributed by atoms with Gasteiger partial charge in [-0.05, 0) is 13.0 Å². The number of hydrogen-bond donors (Lipinski definition) is 1. The minimum atomic E-state index is -0.348. The molecule has 2 aromatic rings. The van der Waals surface area contributed by atoms with E-state index in [1.807, 2.05) is 31.2 Å². The monoisotopic (exact) mass is 234 g/mol. The SMILES string of the molecule is CC(O)C(C)Sc1ncnc2ccccc12. The second kappa shape index (κ2) is 4.80. The van der Waals surface area contributed by atoms with E-state index in [-0.39, 0.29) is 11.4 Å². The van der Waals surface area contributed by atoms with Crippen LogP contribution >= 0.6 is 11.8 Å². The van der Waals surface area contributed by atoms with Gasteiger partial charge < -0.3 is 5.11 Å². The van der Waals surface area contributed by atoms with Crippen LogP contribution in [0, 0.1) is 0 Å². The number of thioether (sulfide) groups is 1. The fourth-order valence-corrected chi connectivity index (χ4v) is 2.31. The van der Waals surface area contributed by atoms with Crippen LogP contribution in [0.1, 0.15) is 13.8 Å². The van der Waals surface area contributed by atoms with Gasteiger partial charge in [-0.1, -0.05) is 36.9 Å². The van der Waals surface area contributed by atoms with E-state index < -0.39 is 0 Å². The van der Waals surface area contributed by atoms with Crippen LogP contribution in [0.2, 0.25) is 0 Å². The lowest BCUT2D eigenvalue weighted by Crippen LogP contribution is -2.15. The van der Waals surface area contributed by atoms with Gasteiger partial charge in [0.25, 0.3) is 0 Å². The lowest BCUT2D eigenvalue weighted by molar-refractivity contribution is 0.196. The number of nitrogens with zero attached hydrogens (tertiary/aromatic N) is 2. The van der Waals surface area contributed by atoms with E-state index >= 15 is 0 Å². The average Bonchev–Trinajstić information content (AvgIpc) is 2.29. The minimum Gasteiger partial charge on any atom is -0.392 e. The summed E-state index contributed by atoms with van der Waals surface area (Å²) in [6.45, 7) is 3.78. The van der Waals surface area contributed by atoms with Gasteiger partial charge >= 0.3 is 0 Å². The summed E-state index contributed by atoms with van der Waals surface area (Å²) in [5, 5.41) is 11.6. The third-order valence-electron chi connectivity index (χ3n) is 2.48. The van der Waals surface area contributed by atoms with Gasteiger partial charge in [-0.3, -0.25) is 0 Å². The molecule has 0 saturated carbocycles. The molecule has 0 aliphatic carbocycles. The summed E-state index contributed by atoms with van der Waals surface area (Å²) >= 11 is 1.58. The number of aliphatic hydroxyl groups is 1. The fourth-order valence-electron chi connectivity index (χ4n) is 1.35. The summed E-state index contributed by atoms with van der Waals surface area (Å²) in [6.07, 6.45) is 1.22. The Kier molecular flexibility index (Phi) is 3.41. The second-order valence-corrected chi connectivity index (χ2v) is 5.13. The highest BCUT2D eigenvalue weighted by Crippen LogP contribution is 2.28. The van der Waals surface area contributed by atoms with E-state index in [1.54, 1.807) is 25.0 Å². The maximum absolute atomic E-state index is 9.49. The van der Waals surface area contributed by atoms with Crippen molar-refractivity contribution in [2.75, 3.05) is 0 Å². The van der Waals surface area contributed by atoms with Crippen molar-refractivity contribution in [3.63, 3.8) is 0 Å². The standard InChI is InChI=1S/C12H14N2OS/c1-8(15)9(2)16-12-10-5-3-4-6-11(10)13-7-14-12/h3-9,15H,1-2H3. The molecule has 0 aliphatic rings. The predicted molar refractivity (Wildman–Crippen MR) is 66.5 cm³/mol. The number of aliphatic hydroxyl groups excluding tert-OH is 1. The predicted octanol–water partition coefficient (Wildman–Crippen LogP) is 2.49. The maximum Gasteiger partial charge on any atom is 0.117 e. The molecule has 0 amide bonds. The molecule has 16 heavy (non-hydrogen) atoms. The first-order valence-corrected chi connectivity index (χ1v) is 6.11. The molecule has 3 nitrogen and oxygen atoms in total. The van der Waals surface area contributed by atoms with E-state index in [0.29, 0.717) is 0 Å². The molecule has 2 atom stereocenters. The van der Waals surface area contributed by atoms with Gasteiger partial charge in [-0.25, -0.2) is 9.97 Å². The Morgan fingerprint density at radius 1 is 1.19 bits per heavy atom. The number of hydrogen-bond acceptors (Lipinski definition) is 4. The first-order chi connectivity index (χ1) is 7.68. The molecule has 0 bridgehead atoms. The van der Waals surface area contributed by atoms with Crippen LogP contribution in [0.25, 0.3) is 10.9 Å². The molecule has 1 N–H and O–H groups in total. The molecule has 0 aliphatic heterocycles. The Morgan fingerprint density at radius 3 is 2.69 bits per heavy atom. The molecule has 84 valence electrons. The molecule has 1 heterocycles. The zero-order valence-corrected chi connectivity index (χ0v) is 10.1. The van der Waals surface area contributed by atoms with E-state index in [1.165, 1.54) is 0 Å². The summed E-state index contributed by atoms with van der Waals surface area (Å²) in [6, 6.07) is 7.91. The molecule has 0 saturated heterocycles. The van der Waals surface area contributed by atoms with Gasteiger partial charge in [-0.2, -0.15) is 0 Å². The quantitative estimate of drug-likeness (QED) is 0.654. The molecule has 0 radical (unpaired) electrons. The van der Waals surface area contributed by atoms with Gasteiger partial charge in [0.1, 0.15) is 11.4 Å². The smallest absolute Gasteiger partial charge is 0.117 e. The third kappa shape index (κ3) is 2.33. The highest BCUT2D eigenvalue weighted by atomic mass is 32.2. The molecule has 4 heteroatoms. The highest BCUT2D eigenvalue weighted by molar-refractivity contribution is 8.00. The highest BCUT2D eigenvalue weighted by Gasteiger charge is 2.13. The topological polar surface area (TPSA) is 46.0 Å². The summed E-state index contributed by atoms with van der Waals surface area (Å²) in [7, 11) is 0. The van der Waals surface area contributed by atoms with Crippen LogP contribution in [-0.4, -0.2) is 26.4 Å². The van der Waals surface area contributed by atoms with Gasteiger partial charge in [0.2, 0.25) is 0 Å². The Bertz CT molecular complexity index is 482. The molecule has 0 fully saturated rings. The molecule has 1 aromatic carbocycles. The fraction of sp³-hybridized carbons (Fsp3) is 0.333. The van der Waals surface area contributed by atoms with Crippen molar-refractivity contribution in [1.82, 2.24) is 9.97 Å². The first-order valence-electron chi connectivity index (χ1n) is 5.23. The first kappa shape index (κ1) is 11.4. The van der Waals surface area contributed by atoms with E-state index in [9.17, 15) is 5.11 Å². The second-order valence-electron chi connectivity index (χ2n) is 3.76. The number of aromatic nitrogens is 2. The Hall–Kier alpha value is -1.13. The van der Waals surface area contributed by atoms with Crippen LogP contribution in [0.5, 0.6) is 0 Å². The largest absolute Gasteiger partial charge is 0.392 e. The summed E-state index contributed by atoms with van der Waals surface area (Å²) in [4.78, 5) is 8.48. The van der Waals surface area contributed by atoms with Gasteiger partial charge in [0.15, 0.2) is 0 Å². The van der Waals surface area contributed by atoms with Crippen LogP contribution in [-0.2, 0) is 0 Å². The molecule has 2 rings (SSSR count). The number of para-hydroxylation sites is 1. The van der Waals surface area contributed by atoms with Crippen molar-refractivity contribution in [3.8, 4) is 0 Å². The van der Waals surface area contributed by atoms with Crippen LogP contribution in [0.4, 0.5) is 0 Å². The molecular formula is C12H14N2OS. The average molecular weight is 234 g/mol. The minimum absolute atomic E-state index is 0.123. The van der Waals surface area contributed by atoms with E-state index in [4.69, 9.17) is 0 Å². The maximum atomic E-state index is 9.49. The van der Waals surface area contributed by atoms with Gasteiger partial charge in [0.05, 0.1) is 11.6 Å². The summed E-state index contributed by atoms with van der Waals surface area (Å²) in [5.74, 6) is 0. The van der Waals surface area contributed by atoms with Crippen LogP contribution in [0.3, 0.4) is 0 Å². The zero-order chi connectivity index (χ0) is 11.5. The van der Waals surface area contributed by atoms with Gasteiger partial charge in [-0.15, -0.1) is 0 Å². The van der Waals surface area contributed by atoms with Gasteiger partial charge in [0, 0.05) is 10.6 Å². The lowest BCUT2D eigenvalue weighted by Gasteiger charge is -2.14. The van der Waals surface area contributed by atoms with Crippen molar-refractivity contribution in [1.29, 1.82) is 0 Å². The third-order valence-corrected chi connectivity index (χ3v) is 3.80. The normalized spacial score (nSPS) is 14.9. The van der Waals surface area contributed by atoms with E-state index in [2.05, 4.69) is 9.97 Å². The van der Waals surface area contributed by atoms with E-state index in [0.717, 1.165) is 15.9 Å². The van der Waals surface area contributed by atoms with Crippen molar-refractivity contribution < 1.29 is 5.11 Å². The molecule has 0 spiro atoms.